The molecule has 3 rings (SSSR count). The van der Waals surface area contributed by atoms with Gasteiger partial charge in [0, 0.05) is 16.8 Å². The van der Waals surface area contributed by atoms with Crippen molar-refractivity contribution in [3.05, 3.63) is 58.6 Å². The van der Waals surface area contributed by atoms with Gasteiger partial charge in [0.1, 0.15) is 11.5 Å². The highest BCUT2D eigenvalue weighted by atomic mass is 35.5. The molecule has 0 fully saturated rings. The average Bonchev–Trinajstić information content (AvgIpc) is 2.79. The van der Waals surface area contributed by atoms with Crippen LogP contribution in [-0.4, -0.2) is 14.5 Å². The van der Waals surface area contributed by atoms with Gasteiger partial charge in [0.2, 0.25) is 0 Å². The molecule has 2 aromatic heterocycles. The summed E-state index contributed by atoms with van der Waals surface area (Å²) in [6.45, 7) is 1.68. The van der Waals surface area contributed by atoms with E-state index in [2.05, 4.69) is 4.98 Å². The minimum atomic E-state index is -0.372. The van der Waals surface area contributed by atoms with Gasteiger partial charge in [0.25, 0.3) is 0 Å². The van der Waals surface area contributed by atoms with E-state index in [0.717, 1.165) is 11.1 Å². The van der Waals surface area contributed by atoms with Crippen molar-refractivity contribution >= 4 is 17.2 Å². The Bertz CT molecular complexity index is 798. The lowest BCUT2D eigenvalue weighted by Gasteiger charge is -2.04. The first kappa shape index (κ1) is 13.1. The second-order valence-electron chi connectivity index (χ2n) is 4.60. The van der Waals surface area contributed by atoms with Gasteiger partial charge < -0.3 is 5.11 Å². The van der Waals surface area contributed by atoms with Crippen molar-refractivity contribution in [2.45, 2.75) is 13.5 Å². The Kier molecular flexibility index (Phi) is 3.20. The molecule has 0 aliphatic carbocycles. The summed E-state index contributed by atoms with van der Waals surface area (Å²) in [4.78, 5) is 4.46. The molecule has 0 bridgehead atoms. The number of hydrogen-bond donors (Lipinski definition) is 1. The normalized spacial score (nSPS) is 11.2. The van der Waals surface area contributed by atoms with E-state index in [4.69, 9.17) is 11.6 Å². The molecule has 0 aliphatic rings. The summed E-state index contributed by atoms with van der Waals surface area (Å²) in [6.07, 6.45) is 1.32. The predicted octanol–water partition coefficient (Wildman–Crippen LogP) is 3.59. The monoisotopic (exact) mass is 290 g/mol. The van der Waals surface area contributed by atoms with E-state index < -0.39 is 0 Å². The number of hydrogen-bond acceptors (Lipinski definition) is 2. The van der Waals surface area contributed by atoms with Gasteiger partial charge in [0.05, 0.1) is 18.0 Å². The maximum atomic E-state index is 13.3. The van der Waals surface area contributed by atoms with Crippen LogP contribution in [0.5, 0.6) is 0 Å². The minimum Gasteiger partial charge on any atom is -0.390 e. The largest absolute Gasteiger partial charge is 0.390 e. The highest BCUT2D eigenvalue weighted by Crippen LogP contribution is 2.28. The molecule has 0 spiro atoms. The quantitative estimate of drug-likeness (QED) is 0.783. The van der Waals surface area contributed by atoms with Crippen LogP contribution in [0.3, 0.4) is 0 Å². The maximum Gasteiger partial charge on any atom is 0.139 e. The summed E-state index contributed by atoms with van der Waals surface area (Å²) in [5.74, 6) is -0.372. The van der Waals surface area contributed by atoms with Gasteiger partial charge in [-0.1, -0.05) is 17.7 Å². The van der Waals surface area contributed by atoms with Crippen LogP contribution in [-0.2, 0) is 6.61 Å². The molecule has 5 heteroatoms. The van der Waals surface area contributed by atoms with Crippen LogP contribution in [0.1, 0.15) is 11.3 Å². The van der Waals surface area contributed by atoms with Gasteiger partial charge in [-0.15, -0.1) is 0 Å². The standard InChI is InChI=1S/C15H12ClFN2O/c1-9-6-10(2-4-12(9)16)15-13(8-20)19-7-11(17)3-5-14(19)18-15/h2-7,20H,8H2,1H3. The summed E-state index contributed by atoms with van der Waals surface area (Å²) in [7, 11) is 0. The number of nitrogens with zero attached hydrogens (tertiary/aromatic N) is 2. The van der Waals surface area contributed by atoms with Crippen molar-refractivity contribution < 1.29 is 9.50 Å². The summed E-state index contributed by atoms with van der Waals surface area (Å²) >= 11 is 6.02. The highest BCUT2D eigenvalue weighted by Gasteiger charge is 2.14. The summed E-state index contributed by atoms with van der Waals surface area (Å²) in [5, 5.41) is 10.2. The number of aliphatic hydroxyl groups is 1. The van der Waals surface area contributed by atoms with Gasteiger partial charge >= 0.3 is 0 Å². The predicted molar refractivity (Wildman–Crippen MR) is 76.3 cm³/mol. The molecule has 0 unspecified atom stereocenters. The average molecular weight is 291 g/mol. The Morgan fingerprint density at radius 2 is 2.10 bits per heavy atom. The van der Waals surface area contributed by atoms with E-state index >= 15 is 0 Å². The Labute approximate surface area is 120 Å². The van der Waals surface area contributed by atoms with Gasteiger partial charge in [-0.2, -0.15) is 0 Å². The molecule has 3 nitrogen and oxygen atoms in total. The number of aromatic nitrogens is 2. The van der Waals surface area contributed by atoms with E-state index in [1.54, 1.807) is 16.5 Å². The molecule has 0 atom stereocenters. The molecule has 0 radical (unpaired) electrons. The Morgan fingerprint density at radius 3 is 2.80 bits per heavy atom. The lowest BCUT2D eigenvalue weighted by Crippen LogP contribution is -1.95. The number of aryl methyl sites for hydroxylation is 1. The lowest BCUT2D eigenvalue weighted by atomic mass is 10.1. The van der Waals surface area contributed by atoms with E-state index in [9.17, 15) is 9.50 Å². The van der Waals surface area contributed by atoms with Crippen molar-refractivity contribution in [3.8, 4) is 11.3 Å². The molecule has 1 N–H and O–H groups in total. The molecule has 102 valence electrons. The van der Waals surface area contributed by atoms with E-state index in [1.807, 2.05) is 19.1 Å². The molecule has 0 saturated heterocycles. The molecule has 2 heterocycles. The Morgan fingerprint density at radius 1 is 1.30 bits per heavy atom. The van der Waals surface area contributed by atoms with Crippen LogP contribution >= 0.6 is 11.6 Å². The lowest BCUT2D eigenvalue weighted by molar-refractivity contribution is 0.276. The first-order valence-electron chi connectivity index (χ1n) is 6.14. The summed E-state index contributed by atoms with van der Waals surface area (Å²) < 4.78 is 14.9. The SMILES string of the molecule is Cc1cc(-c2nc3ccc(F)cn3c2CO)ccc1Cl. The Hall–Kier alpha value is -1.91. The van der Waals surface area contributed by atoms with Crippen molar-refractivity contribution in [1.29, 1.82) is 0 Å². The number of halogens is 2. The van der Waals surface area contributed by atoms with E-state index in [0.29, 0.717) is 22.1 Å². The third kappa shape index (κ3) is 2.07. The molecule has 3 aromatic rings. The van der Waals surface area contributed by atoms with Gasteiger partial charge in [-0.25, -0.2) is 9.37 Å². The van der Waals surface area contributed by atoms with Crippen LogP contribution < -0.4 is 0 Å². The fourth-order valence-electron chi connectivity index (χ4n) is 2.24. The van der Waals surface area contributed by atoms with E-state index in [1.165, 1.54) is 12.3 Å². The second-order valence-corrected chi connectivity index (χ2v) is 5.01. The number of pyridine rings is 1. The molecule has 1 aromatic carbocycles. The molecular formula is C15H12ClFN2O. The maximum absolute atomic E-state index is 13.3. The van der Waals surface area contributed by atoms with Crippen molar-refractivity contribution in [2.75, 3.05) is 0 Å². The fourth-order valence-corrected chi connectivity index (χ4v) is 2.36. The van der Waals surface area contributed by atoms with Crippen molar-refractivity contribution in [3.63, 3.8) is 0 Å². The number of fused-ring (bicyclic) bond motifs is 1. The van der Waals surface area contributed by atoms with Crippen LogP contribution in [0.4, 0.5) is 4.39 Å². The van der Waals surface area contributed by atoms with Crippen LogP contribution in [0.2, 0.25) is 5.02 Å². The van der Waals surface area contributed by atoms with Gasteiger partial charge in [0.15, 0.2) is 0 Å². The summed E-state index contributed by atoms with van der Waals surface area (Å²) in [5.41, 5.74) is 3.56. The molecule has 0 aliphatic heterocycles. The van der Waals surface area contributed by atoms with E-state index in [-0.39, 0.29) is 12.4 Å². The van der Waals surface area contributed by atoms with Crippen LogP contribution in [0.15, 0.2) is 36.5 Å². The highest BCUT2D eigenvalue weighted by molar-refractivity contribution is 6.31. The van der Waals surface area contributed by atoms with Crippen LogP contribution in [0.25, 0.3) is 16.9 Å². The molecular weight excluding hydrogens is 279 g/mol. The minimum absolute atomic E-state index is 0.221. The molecule has 0 saturated carbocycles. The first-order chi connectivity index (χ1) is 9.60. The van der Waals surface area contributed by atoms with Crippen molar-refractivity contribution in [2.24, 2.45) is 0 Å². The zero-order valence-corrected chi connectivity index (χ0v) is 11.5. The fraction of sp³-hybridized carbons (Fsp3) is 0.133. The van der Waals surface area contributed by atoms with Gasteiger partial charge in [-0.05, 0) is 36.8 Å². The topological polar surface area (TPSA) is 37.5 Å². The zero-order chi connectivity index (χ0) is 14.3. The number of imidazole rings is 1. The third-order valence-electron chi connectivity index (χ3n) is 3.26. The smallest absolute Gasteiger partial charge is 0.139 e. The number of aliphatic hydroxyl groups excluding tert-OH is 1. The zero-order valence-electron chi connectivity index (χ0n) is 10.8. The third-order valence-corrected chi connectivity index (χ3v) is 3.69. The van der Waals surface area contributed by atoms with Gasteiger partial charge in [-0.3, -0.25) is 4.40 Å². The molecule has 20 heavy (non-hydrogen) atoms. The molecule has 0 amide bonds. The first-order valence-corrected chi connectivity index (χ1v) is 6.52. The number of benzene rings is 1. The summed E-state index contributed by atoms with van der Waals surface area (Å²) in [6, 6.07) is 8.46. The second kappa shape index (κ2) is 4.89. The Balaban J connectivity index is 2.27. The number of rotatable bonds is 2. The van der Waals surface area contributed by atoms with Crippen LogP contribution in [0, 0.1) is 12.7 Å². The van der Waals surface area contributed by atoms with Crippen molar-refractivity contribution in [1.82, 2.24) is 9.38 Å².